The van der Waals surface area contributed by atoms with Gasteiger partial charge >= 0.3 is 0 Å². The van der Waals surface area contributed by atoms with Gasteiger partial charge in [-0.15, -0.1) is 0 Å². The van der Waals surface area contributed by atoms with E-state index >= 15 is 0 Å². The number of hydrogen-bond donors (Lipinski definition) is 1. The lowest BCUT2D eigenvalue weighted by Crippen LogP contribution is -2.27. The van der Waals surface area contributed by atoms with Crippen molar-refractivity contribution in [3.8, 4) is 5.75 Å². The summed E-state index contributed by atoms with van der Waals surface area (Å²) in [5.74, 6) is 0.769. The van der Waals surface area contributed by atoms with E-state index in [0.29, 0.717) is 6.42 Å². The largest absolute Gasteiger partial charge is 0.497 e. The minimum atomic E-state index is -3.60. The van der Waals surface area contributed by atoms with E-state index < -0.39 is 10.0 Å². The van der Waals surface area contributed by atoms with Crippen molar-refractivity contribution in [1.29, 1.82) is 0 Å². The van der Waals surface area contributed by atoms with E-state index in [9.17, 15) is 8.42 Å². The smallest absolute Gasteiger partial charge is 0.277 e. The Hall–Kier alpha value is -1.57. The van der Waals surface area contributed by atoms with Crippen molar-refractivity contribution >= 4 is 10.0 Å². The first-order valence-electron chi connectivity index (χ1n) is 5.74. The normalized spacial score (nSPS) is 14.9. The second-order valence-corrected chi connectivity index (χ2v) is 5.58. The molecule has 0 unspecified atom stereocenters. The highest BCUT2D eigenvalue weighted by Crippen LogP contribution is 2.14. The highest BCUT2D eigenvalue weighted by atomic mass is 32.2. The van der Waals surface area contributed by atoms with Gasteiger partial charge in [-0.05, 0) is 24.1 Å². The molecule has 1 N–H and O–H groups in total. The number of rotatable bonds is 6. The molecule has 1 aromatic rings. The van der Waals surface area contributed by atoms with Crippen LogP contribution in [-0.4, -0.2) is 28.7 Å². The molecular weight excluding hydrogens is 270 g/mol. The maximum Gasteiger partial charge on any atom is 0.277 e. The topological polar surface area (TPSA) is 73.9 Å². The molecule has 0 amide bonds. The maximum absolute atomic E-state index is 11.7. The average Bonchev–Trinajstić information content (AvgIpc) is 2.94. The third-order valence-corrected chi connectivity index (χ3v) is 3.94. The highest BCUT2D eigenvalue weighted by Gasteiger charge is 2.23. The van der Waals surface area contributed by atoms with Crippen molar-refractivity contribution in [3.05, 3.63) is 41.0 Å². The zero-order valence-electron chi connectivity index (χ0n) is 10.5. The molecule has 0 saturated heterocycles. The van der Waals surface area contributed by atoms with Crippen LogP contribution in [0.25, 0.3) is 0 Å². The van der Waals surface area contributed by atoms with Crippen LogP contribution in [0.4, 0.5) is 0 Å². The molecule has 1 aliphatic heterocycles. The Kier molecular flexibility index (Phi) is 4.41. The van der Waals surface area contributed by atoms with Gasteiger partial charge < -0.3 is 9.62 Å². The number of hydrogen-bond acceptors (Lipinski definition) is 5. The molecule has 0 aromatic heterocycles. The fraction of sp³-hybridized carbons (Fsp3) is 0.333. The van der Waals surface area contributed by atoms with E-state index in [2.05, 4.69) is 14.5 Å². The van der Waals surface area contributed by atoms with Gasteiger partial charge in [0, 0.05) is 12.6 Å². The first-order chi connectivity index (χ1) is 9.12. The zero-order valence-corrected chi connectivity index (χ0v) is 11.3. The third-order valence-electron chi connectivity index (χ3n) is 2.59. The lowest BCUT2D eigenvalue weighted by Gasteiger charge is -2.06. The molecule has 1 heterocycles. The van der Waals surface area contributed by atoms with Crippen molar-refractivity contribution in [1.82, 2.24) is 4.72 Å². The maximum atomic E-state index is 11.7. The van der Waals surface area contributed by atoms with Crippen LogP contribution in [0.5, 0.6) is 5.75 Å². The van der Waals surface area contributed by atoms with E-state index in [-0.39, 0.29) is 18.2 Å². The number of methoxy groups -OCH3 is 1. The lowest BCUT2D eigenvalue weighted by molar-refractivity contribution is -0.226. The van der Waals surface area contributed by atoms with Crippen molar-refractivity contribution in [3.63, 3.8) is 0 Å². The first-order valence-corrected chi connectivity index (χ1v) is 7.22. The van der Waals surface area contributed by atoms with Crippen molar-refractivity contribution in [2.24, 2.45) is 0 Å². The molecule has 0 aliphatic carbocycles. The summed E-state index contributed by atoms with van der Waals surface area (Å²) in [6, 6.07) is 7.45. The summed E-state index contributed by atoms with van der Waals surface area (Å²) in [5, 5.41) is -0.178. The standard InChI is InChI=1S/C12H15NO5S/c1-16-11-4-2-10(3-5-11)6-8-13-19(14,15)12-7-9-17-18-12/h2-5,7,13H,6,8-9H2,1H3. The molecule has 0 spiro atoms. The molecule has 0 bridgehead atoms. The van der Waals surface area contributed by atoms with Crippen molar-refractivity contribution < 1.29 is 22.9 Å². The summed E-state index contributed by atoms with van der Waals surface area (Å²) in [6.45, 7) is 0.435. The fourth-order valence-corrected chi connectivity index (χ4v) is 2.51. The number of ether oxygens (including phenoxy) is 1. The van der Waals surface area contributed by atoms with Crippen LogP contribution in [0.1, 0.15) is 5.56 Å². The third kappa shape index (κ3) is 3.69. The first kappa shape index (κ1) is 13.9. The molecule has 1 aliphatic rings. The van der Waals surface area contributed by atoms with Crippen LogP contribution < -0.4 is 9.46 Å². The van der Waals surface area contributed by atoms with E-state index in [0.717, 1.165) is 11.3 Å². The average molecular weight is 285 g/mol. The van der Waals surface area contributed by atoms with Gasteiger partial charge in [-0.1, -0.05) is 12.1 Å². The van der Waals surface area contributed by atoms with Gasteiger partial charge in [0.1, 0.15) is 12.4 Å². The minimum absolute atomic E-state index is 0.148. The summed E-state index contributed by atoms with van der Waals surface area (Å²) in [4.78, 5) is 9.05. The molecule has 1 aromatic carbocycles. The van der Waals surface area contributed by atoms with Gasteiger partial charge in [-0.3, -0.25) is 0 Å². The minimum Gasteiger partial charge on any atom is -0.497 e. The summed E-state index contributed by atoms with van der Waals surface area (Å²) in [6.07, 6.45) is 1.95. The monoisotopic (exact) mass is 285 g/mol. The van der Waals surface area contributed by atoms with Crippen LogP contribution in [0, 0.1) is 0 Å². The Labute approximate surface area is 112 Å². The van der Waals surface area contributed by atoms with Gasteiger partial charge in [0.2, 0.25) is 0 Å². The molecule has 19 heavy (non-hydrogen) atoms. The van der Waals surface area contributed by atoms with Crippen LogP contribution in [0.3, 0.4) is 0 Å². The van der Waals surface area contributed by atoms with Crippen molar-refractivity contribution in [2.45, 2.75) is 6.42 Å². The molecule has 104 valence electrons. The predicted octanol–water partition coefficient (Wildman–Crippen LogP) is 0.960. The van der Waals surface area contributed by atoms with Gasteiger partial charge in [0.05, 0.1) is 7.11 Å². The van der Waals surface area contributed by atoms with Gasteiger partial charge in [-0.25, -0.2) is 13.1 Å². The molecular formula is C12H15NO5S. The molecule has 2 rings (SSSR count). The quantitative estimate of drug-likeness (QED) is 0.788. The molecule has 0 saturated carbocycles. The second-order valence-electron chi connectivity index (χ2n) is 3.89. The Balaban J connectivity index is 1.85. The number of nitrogens with one attached hydrogen (secondary N) is 1. The van der Waals surface area contributed by atoms with Gasteiger partial charge in [-0.2, -0.15) is 4.89 Å². The summed E-state index contributed by atoms with van der Waals surface area (Å²) in [5.41, 5.74) is 1.01. The Morgan fingerprint density at radius 2 is 2.05 bits per heavy atom. The van der Waals surface area contributed by atoms with Gasteiger partial charge in [0.25, 0.3) is 15.1 Å². The molecule has 0 radical (unpaired) electrons. The van der Waals surface area contributed by atoms with Crippen molar-refractivity contribution in [2.75, 3.05) is 20.3 Å². The van der Waals surface area contributed by atoms with Crippen LogP contribution in [0.15, 0.2) is 35.4 Å². The highest BCUT2D eigenvalue weighted by molar-refractivity contribution is 7.93. The molecule has 0 atom stereocenters. The van der Waals surface area contributed by atoms with E-state index in [1.54, 1.807) is 7.11 Å². The van der Waals surface area contributed by atoms with Crippen LogP contribution >= 0.6 is 0 Å². The Bertz CT molecular complexity index is 550. The van der Waals surface area contributed by atoms with E-state index in [1.165, 1.54) is 6.08 Å². The Morgan fingerprint density at radius 3 is 2.63 bits per heavy atom. The van der Waals surface area contributed by atoms with Gasteiger partial charge in [0.15, 0.2) is 0 Å². The molecule has 0 fully saturated rings. The second kappa shape index (κ2) is 6.05. The predicted molar refractivity (Wildman–Crippen MR) is 68.7 cm³/mol. The molecule has 7 heteroatoms. The lowest BCUT2D eigenvalue weighted by atomic mass is 10.1. The van der Waals surface area contributed by atoms with E-state index in [1.807, 2.05) is 24.3 Å². The summed E-state index contributed by atoms with van der Waals surface area (Å²) < 4.78 is 30.9. The zero-order chi connectivity index (χ0) is 13.7. The summed E-state index contributed by atoms with van der Waals surface area (Å²) >= 11 is 0. The SMILES string of the molecule is COc1ccc(CCNS(=O)(=O)C2=CCOO2)cc1. The number of sulfonamides is 1. The number of benzene rings is 1. The van der Waals surface area contributed by atoms with Crippen LogP contribution in [-0.2, 0) is 26.2 Å². The molecule has 6 nitrogen and oxygen atoms in total. The van der Waals surface area contributed by atoms with E-state index in [4.69, 9.17) is 4.74 Å². The summed E-state index contributed by atoms with van der Waals surface area (Å²) in [7, 11) is -2.01. The fourth-order valence-electron chi connectivity index (χ4n) is 1.58. The van der Waals surface area contributed by atoms with Crippen LogP contribution in [0.2, 0.25) is 0 Å². The Morgan fingerprint density at radius 1 is 1.32 bits per heavy atom.